The summed E-state index contributed by atoms with van der Waals surface area (Å²) in [5.74, 6) is 1.06. The Bertz CT molecular complexity index is 78.7. The fourth-order valence-corrected chi connectivity index (χ4v) is 0.612. The van der Waals surface area contributed by atoms with Crippen LogP contribution < -0.4 is 0 Å². The highest BCUT2D eigenvalue weighted by molar-refractivity contribution is 5.75. The van der Waals surface area contributed by atoms with Crippen LogP contribution in [-0.4, -0.2) is 8.41 Å². The van der Waals surface area contributed by atoms with Crippen molar-refractivity contribution >= 4 is 8.41 Å². The van der Waals surface area contributed by atoms with E-state index in [0.29, 0.717) is 0 Å². The first-order valence-corrected chi connectivity index (χ1v) is 3.75. The van der Waals surface area contributed by atoms with Gasteiger partial charge in [-0.1, -0.05) is 31.8 Å². The predicted molar refractivity (Wildman–Crippen MR) is 49.3 cm³/mol. The zero-order chi connectivity index (χ0) is 7.28. The van der Waals surface area contributed by atoms with Crippen molar-refractivity contribution in [2.45, 2.75) is 40.0 Å². The van der Waals surface area contributed by atoms with Gasteiger partial charge >= 0.3 is 0 Å². The second-order valence-corrected chi connectivity index (χ2v) is 3.24. The van der Waals surface area contributed by atoms with Gasteiger partial charge in [-0.25, -0.2) is 0 Å². The average molecular weight is 137 g/mol. The summed E-state index contributed by atoms with van der Waals surface area (Å²) >= 11 is 0. The van der Waals surface area contributed by atoms with Crippen LogP contribution in [0.3, 0.4) is 0 Å². The zero-order valence-electron chi connectivity index (χ0n) is 7.48. The third-order valence-corrected chi connectivity index (χ3v) is 1.39. The minimum atomic E-state index is 0. The lowest BCUT2D eigenvalue weighted by Crippen LogP contribution is -2.04. The smallest absolute Gasteiger partial charge is 0 e. The molecule has 57 valence electrons. The minimum absolute atomic E-state index is 0. The van der Waals surface area contributed by atoms with Gasteiger partial charge in [0.1, 0.15) is 0 Å². The maximum atomic E-state index is 3.56. The first-order valence-electron chi connectivity index (χ1n) is 3.75. The van der Waals surface area contributed by atoms with Gasteiger partial charge in [-0.3, -0.25) is 0 Å². The van der Waals surface area contributed by atoms with E-state index in [-0.39, 0.29) is 8.41 Å². The van der Waals surface area contributed by atoms with E-state index in [1.54, 1.807) is 0 Å². The number of hydrogen-bond donors (Lipinski definition) is 0. The van der Waals surface area contributed by atoms with Crippen LogP contribution in [0.15, 0.2) is 12.2 Å². The molecule has 3 radical (unpaired) electrons. The molecule has 0 nitrogen and oxygen atoms in total. The molecule has 1 heteroatoms. The molecule has 0 saturated heterocycles. The molecule has 1 aliphatic rings. The van der Waals surface area contributed by atoms with Crippen molar-refractivity contribution < 1.29 is 0 Å². The molecular formula is C9H18B. The Morgan fingerprint density at radius 2 is 1.50 bits per heavy atom. The molecule has 1 rings (SSSR count). The molecule has 0 amide bonds. The van der Waals surface area contributed by atoms with Gasteiger partial charge in [-0.05, 0) is 19.8 Å². The first kappa shape index (κ1) is 12.5. The maximum absolute atomic E-state index is 3.56. The van der Waals surface area contributed by atoms with Gasteiger partial charge < -0.3 is 0 Å². The molecule has 0 spiro atoms. The highest BCUT2D eigenvalue weighted by atomic mass is 14.1. The Kier molecular flexibility index (Phi) is 8.63. The van der Waals surface area contributed by atoms with Crippen LogP contribution in [0.2, 0.25) is 0 Å². The van der Waals surface area contributed by atoms with Crippen molar-refractivity contribution in [1.82, 2.24) is 0 Å². The van der Waals surface area contributed by atoms with E-state index in [1.165, 1.54) is 24.8 Å². The quantitative estimate of drug-likeness (QED) is 0.355. The van der Waals surface area contributed by atoms with E-state index < -0.39 is 0 Å². The molecule has 0 aliphatic heterocycles. The summed E-state index contributed by atoms with van der Waals surface area (Å²) in [6.45, 7) is 9.81. The van der Waals surface area contributed by atoms with Gasteiger partial charge in [0, 0.05) is 8.41 Å². The molecule has 10 heavy (non-hydrogen) atoms. The first-order chi connectivity index (χ1) is 4.13. The van der Waals surface area contributed by atoms with E-state index >= 15 is 0 Å². The van der Waals surface area contributed by atoms with Crippen molar-refractivity contribution in [2.75, 3.05) is 0 Å². The second-order valence-electron chi connectivity index (χ2n) is 3.24. The van der Waals surface area contributed by atoms with Gasteiger partial charge in [-0.15, -0.1) is 6.58 Å². The van der Waals surface area contributed by atoms with Crippen molar-refractivity contribution in [3.63, 3.8) is 0 Å². The molecule has 0 aromatic rings. The Hall–Kier alpha value is -0.195. The largest absolute Gasteiger partial charge is 0.100 e. The molecule has 0 heterocycles. The molecular weight excluding hydrogens is 119 g/mol. The normalized spacial score (nSPS) is 15.5. The minimum Gasteiger partial charge on any atom is -0.100 e. The highest BCUT2D eigenvalue weighted by Crippen LogP contribution is 2.24. The second kappa shape index (κ2) is 6.92. The van der Waals surface area contributed by atoms with E-state index in [4.69, 9.17) is 0 Å². The molecule has 1 aliphatic carbocycles. The summed E-state index contributed by atoms with van der Waals surface area (Å²) in [6.07, 6.45) is 4.46. The van der Waals surface area contributed by atoms with E-state index in [1.807, 2.05) is 13.8 Å². The number of allylic oxidation sites excluding steroid dienone is 1. The lowest BCUT2D eigenvalue weighted by Gasteiger charge is -2.18. The van der Waals surface area contributed by atoms with Crippen LogP contribution in [0.4, 0.5) is 0 Å². The fraction of sp³-hybridized carbons (Fsp3) is 0.778. The zero-order valence-corrected chi connectivity index (χ0v) is 7.48. The summed E-state index contributed by atoms with van der Waals surface area (Å²) in [7, 11) is 0. The monoisotopic (exact) mass is 137 g/mol. The Balaban J connectivity index is 0. The van der Waals surface area contributed by atoms with Crippen LogP contribution in [0.1, 0.15) is 40.0 Å². The van der Waals surface area contributed by atoms with Crippen LogP contribution in [0.5, 0.6) is 0 Å². The fourth-order valence-electron chi connectivity index (χ4n) is 0.612. The molecule has 0 N–H and O–H groups in total. The number of rotatable bonds is 0. The van der Waals surface area contributed by atoms with Crippen LogP contribution in [0, 0.1) is 5.92 Å². The van der Waals surface area contributed by atoms with Crippen molar-refractivity contribution in [2.24, 2.45) is 5.92 Å². The van der Waals surface area contributed by atoms with Crippen LogP contribution in [-0.2, 0) is 0 Å². The molecule has 0 atom stereocenters. The SMILES string of the molecule is C=C(C)C.CC1CCC1.[B]. The third kappa shape index (κ3) is 10.7. The molecule has 0 unspecified atom stereocenters. The summed E-state index contributed by atoms with van der Waals surface area (Å²) < 4.78 is 0. The van der Waals surface area contributed by atoms with Crippen LogP contribution >= 0.6 is 0 Å². The molecule has 1 saturated carbocycles. The summed E-state index contributed by atoms with van der Waals surface area (Å²) in [6, 6.07) is 0. The van der Waals surface area contributed by atoms with Crippen molar-refractivity contribution in [3.05, 3.63) is 12.2 Å². The van der Waals surface area contributed by atoms with Gasteiger partial charge in [0.25, 0.3) is 0 Å². The Morgan fingerprint density at radius 3 is 1.50 bits per heavy atom. The van der Waals surface area contributed by atoms with E-state index in [0.717, 1.165) is 5.92 Å². The van der Waals surface area contributed by atoms with Crippen LogP contribution in [0.25, 0.3) is 0 Å². The maximum Gasteiger partial charge on any atom is 0 e. The third-order valence-electron chi connectivity index (χ3n) is 1.39. The van der Waals surface area contributed by atoms with Gasteiger partial charge in [0.15, 0.2) is 0 Å². The average Bonchev–Trinajstić information content (AvgIpc) is 1.59. The van der Waals surface area contributed by atoms with Gasteiger partial charge in [0.2, 0.25) is 0 Å². The van der Waals surface area contributed by atoms with Gasteiger partial charge in [-0.2, -0.15) is 0 Å². The summed E-state index contributed by atoms with van der Waals surface area (Å²) in [5.41, 5.74) is 1.17. The van der Waals surface area contributed by atoms with Crippen molar-refractivity contribution in [3.8, 4) is 0 Å². The lowest BCUT2D eigenvalue weighted by molar-refractivity contribution is 0.346. The summed E-state index contributed by atoms with van der Waals surface area (Å²) in [4.78, 5) is 0. The van der Waals surface area contributed by atoms with Crippen molar-refractivity contribution in [1.29, 1.82) is 0 Å². The highest BCUT2D eigenvalue weighted by Gasteiger charge is 2.09. The Labute approximate surface area is 67.3 Å². The van der Waals surface area contributed by atoms with Gasteiger partial charge in [0.05, 0.1) is 0 Å². The topological polar surface area (TPSA) is 0 Å². The molecule has 0 bridgehead atoms. The molecule has 0 aromatic heterocycles. The molecule has 1 fully saturated rings. The summed E-state index contributed by atoms with van der Waals surface area (Å²) in [5, 5.41) is 0. The lowest BCUT2D eigenvalue weighted by atomic mass is 9.88. The standard InChI is InChI=1S/C5H10.C4H8.B/c1-5-3-2-4-5;1-4(2)3;/h5H,2-4H2,1H3;1H2,2-3H3;. The van der Waals surface area contributed by atoms with E-state index in [2.05, 4.69) is 13.5 Å². The Morgan fingerprint density at radius 1 is 1.30 bits per heavy atom. The van der Waals surface area contributed by atoms with E-state index in [9.17, 15) is 0 Å². The molecule has 0 aromatic carbocycles. The number of hydrogen-bond acceptors (Lipinski definition) is 0. The predicted octanol–water partition coefficient (Wildman–Crippen LogP) is 3.01.